The first-order valence-electron chi connectivity index (χ1n) is 7.94. The average molecular weight is 318 g/mol. The zero-order valence-corrected chi connectivity index (χ0v) is 13.6. The number of thioether (sulfide) groups is 1. The summed E-state index contributed by atoms with van der Waals surface area (Å²) >= 11 is 1.74. The molecule has 1 aliphatic heterocycles. The van der Waals surface area contributed by atoms with E-state index in [1.165, 1.54) is 4.90 Å². The molecular weight excluding hydrogens is 296 g/mol. The summed E-state index contributed by atoms with van der Waals surface area (Å²) < 4.78 is 0. The zero-order chi connectivity index (χ0) is 15.5. The van der Waals surface area contributed by atoms with E-state index in [4.69, 9.17) is 0 Å². The fourth-order valence-electron chi connectivity index (χ4n) is 3.47. The zero-order valence-electron chi connectivity index (χ0n) is 12.8. The van der Waals surface area contributed by atoms with Crippen molar-refractivity contribution in [1.29, 1.82) is 0 Å². The van der Waals surface area contributed by atoms with E-state index < -0.39 is 0 Å². The highest BCUT2D eigenvalue weighted by atomic mass is 32.2. The van der Waals surface area contributed by atoms with Crippen LogP contribution in [-0.2, 0) is 9.59 Å². The number of fused-ring (bicyclic) bond motifs is 1. The summed E-state index contributed by atoms with van der Waals surface area (Å²) in [5, 5.41) is 5.88. The second-order valence-corrected chi connectivity index (χ2v) is 7.08. The third kappa shape index (κ3) is 3.00. The van der Waals surface area contributed by atoms with Gasteiger partial charge in [0.15, 0.2) is 0 Å². The number of rotatable bonds is 3. The first kappa shape index (κ1) is 15.4. The number of amides is 2. The molecule has 0 saturated heterocycles. The summed E-state index contributed by atoms with van der Waals surface area (Å²) in [6.07, 6.45) is 3.90. The molecule has 1 fully saturated rings. The Bertz CT molecular complexity index is 576. The Balaban J connectivity index is 1.70. The Morgan fingerprint density at radius 2 is 1.91 bits per heavy atom. The third-order valence-corrected chi connectivity index (χ3v) is 5.88. The number of benzene rings is 1. The van der Waals surface area contributed by atoms with Crippen molar-refractivity contribution in [3.63, 3.8) is 0 Å². The fraction of sp³-hybridized carbons (Fsp3) is 0.529. The molecule has 3 atom stereocenters. The van der Waals surface area contributed by atoms with Crippen LogP contribution in [0.25, 0.3) is 0 Å². The molecule has 4 nitrogen and oxygen atoms in total. The predicted octanol–water partition coefficient (Wildman–Crippen LogP) is 2.30. The van der Waals surface area contributed by atoms with Crippen LogP contribution >= 0.6 is 11.8 Å². The van der Waals surface area contributed by atoms with E-state index in [1.54, 1.807) is 18.8 Å². The Labute approximate surface area is 135 Å². The average Bonchev–Trinajstić information content (AvgIpc) is 2.99. The fourth-order valence-corrected chi connectivity index (χ4v) is 4.69. The van der Waals surface area contributed by atoms with Gasteiger partial charge in [0, 0.05) is 23.7 Å². The minimum Gasteiger partial charge on any atom is -0.359 e. The molecule has 0 aromatic heterocycles. The molecular formula is C17H22N2O2S. The molecule has 1 saturated carbocycles. The molecule has 1 aromatic rings. The largest absolute Gasteiger partial charge is 0.359 e. The molecule has 0 radical (unpaired) electrons. The minimum atomic E-state index is -0.0907. The first-order valence-corrected chi connectivity index (χ1v) is 8.93. The number of nitrogens with one attached hydrogen (secondary N) is 2. The molecule has 0 unspecified atom stereocenters. The molecule has 3 rings (SSSR count). The van der Waals surface area contributed by atoms with Crippen molar-refractivity contribution in [3.05, 3.63) is 29.8 Å². The monoisotopic (exact) mass is 318 g/mol. The molecule has 0 spiro atoms. The molecule has 1 aliphatic carbocycles. The van der Waals surface area contributed by atoms with Crippen LogP contribution in [0.5, 0.6) is 0 Å². The van der Waals surface area contributed by atoms with Crippen LogP contribution in [0, 0.1) is 5.92 Å². The summed E-state index contributed by atoms with van der Waals surface area (Å²) in [6.45, 7) is 0. The Morgan fingerprint density at radius 3 is 2.73 bits per heavy atom. The van der Waals surface area contributed by atoms with E-state index in [0.29, 0.717) is 0 Å². The Hall–Kier alpha value is -1.49. The normalized spacial score (nSPS) is 27.0. The van der Waals surface area contributed by atoms with E-state index in [9.17, 15) is 9.59 Å². The number of hydrogen-bond acceptors (Lipinski definition) is 3. The second-order valence-electron chi connectivity index (χ2n) is 6.02. The van der Waals surface area contributed by atoms with Gasteiger partial charge in [0.2, 0.25) is 11.8 Å². The second kappa shape index (κ2) is 6.73. The maximum Gasteiger partial charge on any atom is 0.228 e. The minimum absolute atomic E-state index is 0.0287. The van der Waals surface area contributed by atoms with Gasteiger partial charge in [-0.1, -0.05) is 31.0 Å². The molecule has 5 heteroatoms. The van der Waals surface area contributed by atoms with Crippen molar-refractivity contribution in [2.75, 3.05) is 12.8 Å². The lowest BCUT2D eigenvalue weighted by Gasteiger charge is -2.31. The van der Waals surface area contributed by atoms with E-state index >= 15 is 0 Å². The standard InChI is InChI=1S/C17H22N2O2S/c1-18-16(20)12-7-2-4-8-14(12)19-17(21)13-10-22-15-9-5-3-6-11(13)15/h3,5-6,9,12-14H,2,4,7-8,10H2,1H3,(H,18,20)(H,19,21)/t12-,13-,14+/m1/s1. The quantitative estimate of drug-likeness (QED) is 0.899. The molecule has 2 aliphatic rings. The van der Waals surface area contributed by atoms with Gasteiger partial charge in [0.25, 0.3) is 0 Å². The van der Waals surface area contributed by atoms with Gasteiger partial charge in [-0.2, -0.15) is 0 Å². The smallest absolute Gasteiger partial charge is 0.228 e. The maximum atomic E-state index is 12.7. The molecule has 1 aromatic carbocycles. The molecule has 1 heterocycles. The topological polar surface area (TPSA) is 58.2 Å². The Morgan fingerprint density at radius 1 is 1.14 bits per heavy atom. The van der Waals surface area contributed by atoms with E-state index in [0.717, 1.165) is 37.0 Å². The first-order chi connectivity index (χ1) is 10.7. The maximum absolute atomic E-state index is 12.7. The molecule has 22 heavy (non-hydrogen) atoms. The highest BCUT2D eigenvalue weighted by molar-refractivity contribution is 7.99. The summed E-state index contributed by atoms with van der Waals surface area (Å²) in [7, 11) is 1.67. The molecule has 0 bridgehead atoms. The van der Waals surface area contributed by atoms with Gasteiger partial charge in [0.1, 0.15) is 0 Å². The molecule has 2 N–H and O–H groups in total. The van der Waals surface area contributed by atoms with Crippen LogP contribution in [0.1, 0.15) is 37.2 Å². The van der Waals surface area contributed by atoms with Crippen molar-refractivity contribution in [2.45, 2.75) is 42.5 Å². The van der Waals surface area contributed by atoms with E-state index in [2.05, 4.69) is 16.7 Å². The van der Waals surface area contributed by atoms with E-state index in [1.807, 2.05) is 18.2 Å². The van der Waals surface area contributed by atoms with E-state index in [-0.39, 0.29) is 29.7 Å². The number of carbonyl (C=O) groups is 2. The SMILES string of the molecule is CNC(=O)[C@@H]1CCCC[C@@H]1NC(=O)[C@@H]1CSc2ccccc21. The summed E-state index contributed by atoms with van der Waals surface area (Å²) in [5.41, 5.74) is 1.12. The van der Waals surface area contributed by atoms with Crippen molar-refractivity contribution in [1.82, 2.24) is 10.6 Å². The van der Waals surface area contributed by atoms with Crippen molar-refractivity contribution in [3.8, 4) is 0 Å². The van der Waals surface area contributed by atoms with Gasteiger partial charge >= 0.3 is 0 Å². The van der Waals surface area contributed by atoms with Crippen LogP contribution in [0.4, 0.5) is 0 Å². The van der Waals surface area contributed by atoms with Gasteiger partial charge in [-0.05, 0) is 24.5 Å². The molecule has 2 amide bonds. The van der Waals surface area contributed by atoms with Crippen LogP contribution < -0.4 is 10.6 Å². The van der Waals surface area contributed by atoms with Gasteiger partial charge < -0.3 is 10.6 Å². The van der Waals surface area contributed by atoms with Crippen molar-refractivity contribution >= 4 is 23.6 Å². The summed E-state index contributed by atoms with van der Waals surface area (Å²) in [5.74, 6) is 0.729. The molecule has 118 valence electrons. The van der Waals surface area contributed by atoms with Gasteiger partial charge in [-0.25, -0.2) is 0 Å². The van der Waals surface area contributed by atoms with Crippen LogP contribution in [0.2, 0.25) is 0 Å². The predicted molar refractivity (Wildman–Crippen MR) is 87.9 cm³/mol. The Kier molecular flexibility index (Phi) is 4.71. The number of carbonyl (C=O) groups excluding carboxylic acids is 2. The van der Waals surface area contributed by atoms with Crippen molar-refractivity contribution < 1.29 is 9.59 Å². The third-order valence-electron chi connectivity index (χ3n) is 4.69. The summed E-state index contributed by atoms with van der Waals surface area (Å²) in [6, 6.07) is 8.07. The number of hydrogen-bond donors (Lipinski definition) is 2. The lowest BCUT2D eigenvalue weighted by atomic mass is 9.83. The van der Waals surface area contributed by atoms with Gasteiger partial charge in [-0.15, -0.1) is 11.8 Å². The highest BCUT2D eigenvalue weighted by Gasteiger charge is 2.35. The van der Waals surface area contributed by atoms with Gasteiger partial charge in [-0.3, -0.25) is 9.59 Å². The summed E-state index contributed by atoms with van der Waals surface area (Å²) in [4.78, 5) is 25.9. The van der Waals surface area contributed by atoms with Crippen LogP contribution in [-0.4, -0.2) is 30.7 Å². The highest BCUT2D eigenvalue weighted by Crippen LogP contribution is 2.39. The lowest BCUT2D eigenvalue weighted by Crippen LogP contribution is -2.49. The lowest BCUT2D eigenvalue weighted by molar-refractivity contribution is -0.128. The van der Waals surface area contributed by atoms with Crippen LogP contribution in [0.3, 0.4) is 0 Å². The van der Waals surface area contributed by atoms with Gasteiger partial charge in [0.05, 0.1) is 11.8 Å². The van der Waals surface area contributed by atoms with Crippen molar-refractivity contribution in [2.24, 2.45) is 5.92 Å². The van der Waals surface area contributed by atoms with Crippen LogP contribution in [0.15, 0.2) is 29.2 Å².